The molecule has 2 rings (SSSR count). The highest BCUT2D eigenvalue weighted by molar-refractivity contribution is 6.01. The minimum Gasteiger partial charge on any atom is -0.450 e. The molecule has 0 bridgehead atoms. The summed E-state index contributed by atoms with van der Waals surface area (Å²) >= 11 is 0. The van der Waals surface area contributed by atoms with Gasteiger partial charge in [-0.1, -0.05) is 19.1 Å². The summed E-state index contributed by atoms with van der Waals surface area (Å²) in [5.74, 6) is 0.151. The van der Waals surface area contributed by atoms with Crippen molar-refractivity contribution in [3.05, 3.63) is 29.8 Å². The number of rotatable bonds is 4. The Labute approximate surface area is 125 Å². The number of nitrogens with zero attached hydrogens (tertiary/aromatic N) is 2. The zero-order valence-corrected chi connectivity index (χ0v) is 12.7. The van der Waals surface area contributed by atoms with Crippen LogP contribution in [-0.4, -0.2) is 49.6 Å². The first-order chi connectivity index (χ1) is 10.2. The summed E-state index contributed by atoms with van der Waals surface area (Å²) in [5, 5.41) is 0. The predicted octanol–water partition coefficient (Wildman–Crippen LogP) is 2.56. The van der Waals surface area contributed by atoms with Crippen molar-refractivity contribution < 1.29 is 14.3 Å². The average Bonchev–Trinajstić information content (AvgIpc) is 2.54. The normalized spacial score (nSPS) is 15.0. The van der Waals surface area contributed by atoms with Crippen LogP contribution in [0.3, 0.4) is 0 Å². The lowest BCUT2D eigenvalue weighted by Gasteiger charge is -2.36. The number of ketones is 1. The molecule has 1 heterocycles. The van der Waals surface area contributed by atoms with Crippen molar-refractivity contribution in [3.8, 4) is 0 Å². The Bertz CT molecular complexity index is 508. The number of ether oxygens (including phenoxy) is 1. The Balaban J connectivity index is 2.06. The quantitative estimate of drug-likeness (QED) is 0.800. The third-order valence-electron chi connectivity index (χ3n) is 3.67. The van der Waals surface area contributed by atoms with E-state index in [4.69, 9.17) is 4.74 Å². The Morgan fingerprint density at radius 1 is 1.10 bits per heavy atom. The lowest BCUT2D eigenvalue weighted by molar-refractivity contribution is 0.0984. The van der Waals surface area contributed by atoms with Gasteiger partial charge in [-0.25, -0.2) is 4.79 Å². The molecule has 5 nitrogen and oxygen atoms in total. The standard InChI is InChI=1S/C16H22N2O3/c1-3-15(19)13-7-5-6-8-14(13)17-9-11-18(12-10-17)16(20)21-4-2/h5-8H,3-4,9-12H2,1-2H3. The first-order valence-corrected chi connectivity index (χ1v) is 7.46. The highest BCUT2D eigenvalue weighted by Crippen LogP contribution is 2.23. The summed E-state index contributed by atoms with van der Waals surface area (Å²) < 4.78 is 5.02. The number of benzene rings is 1. The molecule has 0 spiro atoms. The monoisotopic (exact) mass is 290 g/mol. The molecular weight excluding hydrogens is 268 g/mol. The number of hydrogen-bond acceptors (Lipinski definition) is 4. The van der Waals surface area contributed by atoms with E-state index in [1.165, 1.54) is 0 Å². The molecule has 1 saturated heterocycles. The van der Waals surface area contributed by atoms with E-state index < -0.39 is 0 Å². The molecule has 0 saturated carbocycles. The number of para-hydroxylation sites is 1. The van der Waals surface area contributed by atoms with E-state index in [2.05, 4.69) is 4.90 Å². The molecule has 21 heavy (non-hydrogen) atoms. The number of Topliss-reactive ketones (excluding diaryl/α,β-unsaturated/α-hetero) is 1. The fraction of sp³-hybridized carbons (Fsp3) is 0.500. The van der Waals surface area contributed by atoms with Gasteiger partial charge in [0.15, 0.2) is 5.78 Å². The van der Waals surface area contributed by atoms with Gasteiger partial charge in [0.1, 0.15) is 0 Å². The molecule has 114 valence electrons. The van der Waals surface area contributed by atoms with Crippen molar-refractivity contribution >= 4 is 17.6 Å². The smallest absolute Gasteiger partial charge is 0.409 e. The summed E-state index contributed by atoms with van der Waals surface area (Å²) in [5.41, 5.74) is 1.73. The maximum Gasteiger partial charge on any atom is 0.409 e. The molecular formula is C16H22N2O3. The molecule has 0 radical (unpaired) electrons. The van der Waals surface area contributed by atoms with Crippen LogP contribution in [0.2, 0.25) is 0 Å². The fourth-order valence-electron chi connectivity index (χ4n) is 2.52. The van der Waals surface area contributed by atoms with Gasteiger partial charge in [0.2, 0.25) is 0 Å². The van der Waals surface area contributed by atoms with Gasteiger partial charge in [-0.15, -0.1) is 0 Å². The van der Waals surface area contributed by atoms with Gasteiger partial charge in [-0.3, -0.25) is 4.79 Å². The molecule has 1 aliphatic heterocycles. The van der Waals surface area contributed by atoms with Gasteiger partial charge in [0.25, 0.3) is 0 Å². The zero-order chi connectivity index (χ0) is 15.2. The predicted molar refractivity (Wildman–Crippen MR) is 81.9 cm³/mol. The van der Waals surface area contributed by atoms with Gasteiger partial charge < -0.3 is 14.5 Å². The average molecular weight is 290 g/mol. The summed E-state index contributed by atoms with van der Waals surface area (Å²) in [6.45, 7) is 6.74. The third-order valence-corrected chi connectivity index (χ3v) is 3.67. The van der Waals surface area contributed by atoms with Crippen LogP contribution in [0.25, 0.3) is 0 Å². The molecule has 1 aromatic rings. The maximum absolute atomic E-state index is 12.0. The van der Waals surface area contributed by atoms with Gasteiger partial charge >= 0.3 is 6.09 Å². The van der Waals surface area contributed by atoms with Crippen molar-refractivity contribution in [2.45, 2.75) is 20.3 Å². The Kier molecular flexibility index (Phi) is 5.20. The maximum atomic E-state index is 12.0. The fourth-order valence-corrected chi connectivity index (χ4v) is 2.52. The summed E-state index contributed by atoms with van der Waals surface area (Å²) in [6.07, 6.45) is 0.245. The van der Waals surface area contributed by atoms with E-state index in [-0.39, 0.29) is 11.9 Å². The van der Waals surface area contributed by atoms with Crippen LogP contribution in [0.1, 0.15) is 30.6 Å². The van der Waals surface area contributed by atoms with Crippen molar-refractivity contribution in [3.63, 3.8) is 0 Å². The van der Waals surface area contributed by atoms with Crippen LogP contribution in [0.15, 0.2) is 24.3 Å². The number of piperazine rings is 1. The highest BCUT2D eigenvalue weighted by atomic mass is 16.6. The Hall–Kier alpha value is -2.04. The molecule has 0 N–H and O–H groups in total. The largest absolute Gasteiger partial charge is 0.450 e. The van der Waals surface area contributed by atoms with E-state index in [1.807, 2.05) is 31.2 Å². The van der Waals surface area contributed by atoms with Crippen LogP contribution >= 0.6 is 0 Å². The van der Waals surface area contributed by atoms with Crippen molar-refractivity contribution in [1.82, 2.24) is 4.90 Å². The molecule has 0 unspecified atom stereocenters. The van der Waals surface area contributed by atoms with Gasteiger partial charge in [-0.05, 0) is 19.1 Å². The summed E-state index contributed by atoms with van der Waals surface area (Å²) in [6, 6.07) is 7.68. The molecule has 1 aliphatic rings. The number of anilines is 1. The molecule has 1 aromatic carbocycles. The second-order valence-corrected chi connectivity index (χ2v) is 4.97. The molecule has 1 fully saturated rings. The first kappa shape index (κ1) is 15.4. The van der Waals surface area contributed by atoms with Crippen LogP contribution < -0.4 is 4.90 Å². The SMILES string of the molecule is CCOC(=O)N1CCN(c2ccccc2C(=O)CC)CC1. The first-order valence-electron chi connectivity index (χ1n) is 7.46. The molecule has 1 amide bonds. The Morgan fingerprint density at radius 2 is 1.76 bits per heavy atom. The number of amides is 1. The zero-order valence-electron chi connectivity index (χ0n) is 12.7. The van der Waals surface area contributed by atoms with E-state index in [0.717, 1.165) is 11.3 Å². The lowest BCUT2D eigenvalue weighted by Crippen LogP contribution is -2.49. The number of carbonyl (C=O) groups is 2. The minimum atomic E-state index is -0.255. The molecule has 0 aliphatic carbocycles. The summed E-state index contributed by atoms with van der Waals surface area (Å²) in [4.78, 5) is 27.6. The molecule has 0 aromatic heterocycles. The van der Waals surface area contributed by atoms with E-state index in [9.17, 15) is 9.59 Å². The van der Waals surface area contributed by atoms with E-state index >= 15 is 0 Å². The summed E-state index contributed by atoms with van der Waals surface area (Å²) in [7, 11) is 0. The highest BCUT2D eigenvalue weighted by Gasteiger charge is 2.24. The molecule has 5 heteroatoms. The van der Waals surface area contributed by atoms with E-state index in [1.54, 1.807) is 11.8 Å². The Morgan fingerprint density at radius 3 is 2.38 bits per heavy atom. The van der Waals surface area contributed by atoms with Crippen LogP contribution in [0.4, 0.5) is 10.5 Å². The van der Waals surface area contributed by atoms with Crippen molar-refractivity contribution in [2.24, 2.45) is 0 Å². The van der Waals surface area contributed by atoms with Crippen LogP contribution in [0, 0.1) is 0 Å². The topological polar surface area (TPSA) is 49.9 Å². The second kappa shape index (κ2) is 7.11. The molecule has 0 atom stereocenters. The van der Waals surface area contributed by atoms with E-state index in [0.29, 0.717) is 39.2 Å². The van der Waals surface area contributed by atoms with Crippen LogP contribution in [-0.2, 0) is 4.74 Å². The van der Waals surface area contributed by atoms with Gasteiger partial charge in [0, 0.05) is 43.9 Å². The minimum absolute atomic E-state index is 0.151. The van der Waals surface area contributed by atoms with Gasteiger partial charge in [-0.2, -0.15) is 0 Å². The van der Waals surface area contributed by atoms with Crippen LogP contribution in [0.5, 0.6) is 0 Å². The number of hydrogen-bond donors (Lipinski definition) is 0. The second-order valence-electron chi connectivity index (χ2n) is 4.97. The van der Waals surface area contributed by atoms with Gasteiger partial charge in [0.05, 0.1) is 6.61 Å². The van der Waals surface area contributed by atoms with Crippen molar-refractivity contribution in [1.29, 1.82) is 0 Å². The lowest BCUT2D eigenvalue weighted by atomic mass is 10.1. The number of carbonyl (C=O) groups excluding carboxylic acids is 2. The third kappa shape index (κ3) is 3.54. The van der Waals surface area contributed by atoms with Crippen molar-refractivity contribution in [2.75, 3.05) is 37.7 Å².